The van der Waals surface area contributed by atoms with Gasteiger partial charge in [-0.2, -0.15) is 0 Å². The van der Waals surface area contributed by atoms with Crippen LogP contribution in [0.4, 0.5) is 5.82 Å². The van der Waals surface area contributed by atoms with Crippen molar-refractivity contribution in [2.24, 2.45) is 0 Å². The quantitative estimate of drug-likeness (QED) is 0.549. The van der Waals surface area contributed by atoms with Crippen molar-refractivity contribution in [3.63, 3.8) is 0 Å². The second-order valence-electron chi connectivity index (χ2n) is 7.22. The average Bonchev–Trinajstić information content (AvgIpc) is 3.47. The molecule has 0 saturated carbocycles. The highest BCUT2D eigenvalue weighted by molar-refractivity contribution is 6.20. The highest BCUT2D eigenvalue weighted by Gasteiger charge is 2.46. The summed E-state index contributed by atoms with van der Waals surface area (Å²) in [7, 11) is 1.49. The summed E-state index contributed by atoms with van der Waals surface area (Å²) in [4.78, 5) is 27.6. The standard InChI is InChI=1S/C23H22N2O7/c1-5-30-15-9-7-14(11-17(15)29-4)20-19(21(26)16-8-6-12(2)31-16)22(27)23(28)25(20)18-10-13(3)32-24-18/h6-11,20,27H,5H2,1-4H3/t20-/m1/s1. The zero-order valence-electron chi connectivity index (χ0n) is 18.0. The molecule has 1 amide bonds. The van der Waals surface area contributed by atoms with Gasteiger partial charge >= 0.3 is 0 Å². The lowest BCUT2D eigenvalue weighted by atomic mass is 9.94. The number of ketones is 1. The van der Waals surface area contributed by atoms with Crippen molar-refractivity contribution in [2.75, 3.05) is 18.6 Å². The minimum atomic E-state index is -0.991. The molecule has 3 heterocycles. The summed E-state index contributed by atoms with van der Waals surface area (Å²) in [5, 5.41) is 14.7. The molecule has 0 unspecified atom stereocenters. The van der Waals surface area contributed by atoms with Crippen molar-refractivity contribution in [3.8, 4) is 11.5 Å². The van der Waals surface area contributed by atoms with E-state index >= 15 is 0 Å². The normalized spacial score (nSPS) is 16.1. The zero-order valence-corrected chi connectivity index (χ0v) is 18.0. The summed E-state index contributed by atoms with van der Waals surface area (Å²) >= 11 is 0. The van der Waals surface area contributed by atoms with Crippen LogP contribution in [0.5, 0.6) is 11.5 Å². The molecule has 3 aromatic rings. The molecule has 0 spiro atoms. The molecular weight excluding hydrogens is 416 g/mol. The molecule has 1 aliphatic rings. The maximum atomic E-state index is 13.3. The van der Waals surface area contributed by atoms with E-state index in [0.29, 0.717) is 35.2 Å². The van der Waals surface area contributed by atoms with Gasteiger partial charge in [0.15, 0.2) is 28.8 Å². The van der Waals surface area contributed by atoms with Crippen LogP contribution in [0.25, 0.3) is 0 Å². The number of aromatic nitrogens is 1. The van der Waals surface area contributed by atoms with E-state index in [1.807, 2.05) is 6.92 Å². The lowest BCUT2D eigenvalue weighted by Crippen LogP contribution is -2.31. The molecule has 4 rings (SSSR count). The number of carbonyl (C=O) groups is 2. The number of hydrogen-bond donors (Lipinski definition) is 1. The van der Waals surface area contributed by atoms with E-state index in [4.69, 9.17) is 18.4 Å². The van der Waals surface area contributed by atoms with E-state index in [1.165, 1.54) is 18.1 Å². The van der Waals surface area contributed by atoms with Gasteiger partial charge in [-0.25, -0.2) is 0 Å². The molecule has 0 aliphatic carbocycles. The van der Waals surface area contributed by atoms with Crippen LogP contribution < -0.4 is 14.4 Å². The molecule has 0 bridgehead atoms. The van der Waals surface area contributed by atoms with Crippen LogP contribution in [0.15, 0.2) is 56.7 Å². The number of rotatable bonds is 7. The van der Waals surface area contributed by atoms with Gasteiger partial charge in [0.2, 0.25) is 5.78 Å². The number of methoxy groups -OCH3 is 1. The van der Waals surface area contributed by atoms with E-state index in [2.05, 4.69) is 5.16 Å². The second-order valence-corrected chi connectivity index (χ2v) is 7.22. The first-order valence-corrected chi connectivity index (χ1v) is 9.97. The Balaban J connectivity index is 1.88. The van der Waals surface area contributed by atoms with Crippen LogP contribution in [0.2, 0.25) is 0 Å². The Morgan fingerprint density at radius 1 is 1.16 bits per heavy atom. The maximum absolute atomic E-state index is 13.3. The van der Waals surface area contributed by atoms with E-state index in [-0.39, 0.29) is 17.2 Å². The Hall–Kier alpha value is -4.01. The Kier molecular flexibility index (Phi) is 5.48. The fourth-order valence-electron chi connectivity index (χ4n) is 3.67. The molecule has 2 aromatic heterocycles. The molecular formula is C23H22N2O7. The number of aryl methyl sites for hydroxylation is 2. The molecule has 1 N–H and O–H groups in total. The highest BCUT2D eigenvalue weighted by Crippen LogP contribution is 2.43. The third kappa shape index (κ3) is 3.51. The maximum Gasteiger partial charge on any atom is 0.295 e. The fraction of sp³-hybridized carbons (Fsp3) is 0.261. The molecule has 1 atom stereocenters. The van der Waals surface area contributed by atoms with Crippen LogP contribution in [0.1, 0.15) is 40.6 Å². The lowest BCUT2D eigenvalue weighted by molar-refractivity contribution is -0.117. The first kappa shape index (κ1) is 21.2. The minimum absolute atomic E-state index is 0.0120. The van der Waals surface area contributed by atoms with Gasteiger partial charge < -0.3 is 23.5 Å². The summed E-state index contributed by atoms with van der Waals surface area (Å²) in [6.45, 7) is 5.66. The smallest absolute Gasteiger partial charge is 0.295 e. The fourth-order valence-corrected chi connectivity index (χ4v) is 3.67. The van der Waals surface area contributed by atoms with E-state index in [1.54, 1.807) is 44.2 Å². The van der Waals surface area contributed by atoms with Crippen molar-refractivity contribution >= 4 is 17.5 Å². The highest BCUT2D eigenvalue weighted by atomic mass is 16.5. The number of aliphatic hydroxyl groups is 1. The largest absolute Gasteiger partial charge is 0.503 e. The summed E-state index contributed by atoms with van der Waals surface area (Å²) in [6.07, 6.45) is 0. The molecule has 9 heteroatoms. The Morgan fingerprint density at radius 3 is 2.53 bits per heavy atom. The monoisotopic (exact) mass is 438 g/mol. The van der Waals surface area contributed by atoms with Gasteiger partial charge in [0.05, 0.1) is 25.3 Å². The van der Waals surface area contributed by atoms with Crippen molar-refractivity contribution in [2.45, 2.75) is 26.8 Å². The SMILES string of the molecule is CCOc1ccc([C@@H]2C(C(=O)c3ccc(C)o3)=C(O)C(=O)N2c2cc(C)on2)cc1OC. The first-order chi connectivity index (χ1) is 15.3. The van der Waals surface area contributed by atoms with E-state index < -0.39 is 23.5 Å². The van der Waals surface area contributed by atoms with Gasteiger partial charge in [0, 0.05) is 6.07 Å². The topological polar surface area (TPSA) is 115 Å². The van der Waals surface area contributed by atoms with Gasteiger partial charge in [0.25, 0.3) is 5.91 Å². The number of Topliss-reactive ketones (excluding diaryl/α,β-unsaturated/α-hetero) is 1. The third-order valence-electron chi connectivity index (χ3n) is 5.08. The zero-order chi connectivity index (χ0) is 23.0. The first-order valence-electron chi connectivity index (χ1n) is 9.97. The molecule has 0 radical (unpaired) electrons. The van der Waals surface area contributed by atoms with Crippen LogP contribution in [0.3, 0.4) is 0 Å². The second kappa shape index (κ2) is 8.26. The number of aliphatic hydroxyl groups excluding tert-OH is 1. The van der Waals surface area contributed by atoms with Crippen molar-refractivity contribution in [3.05, 3.63) is 70.6 Å². The molecule has 1 aromatic carbocycles. The van der Waals surface area contributed by atoms with Crippen LogP contribution in [-0.4, -0.2) is 35.7 Å². The number of anilines is 1. The van der Waals surface area contributed by atoms with Crippen molar-refractivity contribution < 1.29 is 33.1 Å². The Labute approximate surface area is 183 Å². The van der Waals surface area contributed by atoms with Gasteiger partial charge in [0.1, 0.15) is 11.5 Å². The number of benzene rings is 1. The third-order valence-corrected chi connectivity index (χ3v) is 5.08. The number of nitrogens with zero attached hydrogens (tertiary/aromatic N) is 2. The van der Waals surface area contributed by atoms with Crippen LogP contribution in [0, 0.1) is 13.8 Å². The van der Waals surface area contributed by atoms with Crippen LogP contribution in [-0.2, 0) is 4.79 Å². The lowest BCUT2D eigenvalue weighted by Gasteiger charge is -2.25. The minimum Gasteiger partial charge on any atom is -0.503 e. The van der Waals surface area contributed by atoms with Crippen molar-refractivity contribution in [1.29, 1.82) is 0 Å². The Morgan fingerprint density at radius 2 is 1.94 bits per heavy atom. The van der Waals surface area contributed by atoms with Gasteiger partial charge in [-0.3, -0.25) is 14.5 Å². The molecule has 1 aliphatic heterocycles. The molecule has 9 nitrogen and oxygen atoms in total. The molecule has 166 valence electrons. The average molecular weight is 438 g/mol. The predicted molar refractivity (Wildman–Crippen MR) is 113 cm³/mol. The van der Waals surface area contributed by atoms with Crippen LogP contribution >= 0.6 is 0 Å². The van der Waals surface area contributed by atoms with Crippen molar-refractivity contribution in [1.82, 2.24) is 5.16 Å². The number of ether oxygens (including phenoxy) is 2. The van der Waals surface area contributed by atoms with Gasteiger partial charge in [-0.1, -0.05) is 11.2 Å². The van der Waals surface area contributed by atoms with E-state index in [0.717, 1.165) is 0 Å². The van der Waals surface area contributed by atoms with Gasteiger partial charge in [-0.15, -0.1) is 0 Å². The van der Waals surface area contributed by atoms with E-state index in [9.17, 15) is 14.7 Å². The Bertz CT molecular complexity index is 1220. The number of amides is 1. The van der Waals surface area contributed by atoms with Gasteiger partial charge in [-0.05, 0) is 50.6 Å². The molecule has 32 heavy (non-hydrogen) atoms. The number of carbonyl (C=O) groups excluding carboxylic acids is 2. The summed E-state index contributed by atoms with van der Waals surface area (Å²) in [6, 6.07) is 8.73. The predicted octanol–water partition coefficient (Wildman–Crippen LogP) is 4.07. The molecule has 0 saturated heterocycles. The summed E-state index contributed by atoms with van der Waals surface area (Å²) < 4.78 is 21.6. The number of hydrogen-bond acceptors (Lipinski definition) is 8. The summed E-state index contributed by atoms with van der Waals surface area (Å²) in [5.74, 6) is 0.0376. The summed E-state index contributed by atoms with van der Waals surface area (Å²) in [5.41, 5.74) is 0.381. The molecule has 0 fully saturated rings. The number of furan rings is 1.